The predicted molar refractivity (Wildman–Crippen MR) is 115 cm³/mol. The van der Waals surface area contributed by atoms with Crippen LogP contribution in [0.1, 0.15) is 16.2 Å². The molecule has 0 aliphatic carbocycles. The zero-order valence-corrected chi connectivity index (χ0v) is 18.0. The molecule has 162 valence electrons. The van der Waals surface area contributed by atoms with Gasteiger partial charge in [-0.1, -0.05) is 11.6 Å². The summed E-state index contributed by atoms with van der Waals surface area (Å²) >= 11 is 5.87. The van der Waals surface area contributed by atoms with Crippen LogP contribution in [-0.4, -0.2) is 42.4 Å². The third-order valence-electron chi connectivity index (χ3n) is 5.03. The van der Waals surface area contributed by atoms with Crippen LogP contribution in [0.2, 0.25) is 5.02 Å². The maximum absolute atomic E-state index is 14.6. The van der Waals surface area contributed by atoms with Crippen molar-refractivity contribution in [3.05, 3.63) is 64.7 Å². The van der Waals surface area contributed by atoms with Crippen molar-refractivity contribution >= 4 is 33.2 Å². The number of likely N-dealkylation sites (N-methyl/N-ethyl adjacent to an activating group) is 1. The molecule has 0 atom stereocenters. The monoisotopic (exact) mass is 463 g/mol. The predicted octanol–water partition coefficient (Wildman–Crippen LogP) is 2.69. The molecule has 4 rings (SSSR count). The fourth-order valence-electron chi connectivity index (χ4n) is 3.47. The SMILES string of the molecule is CN1CCn2c(-c3ccc(Cl)cc3F)nc(C(=O)Nc3ccc(S(N)(=O)=O)cc3)c2C1. The fraction of sp³-hybridized carbons (Fsp3) is 0.200. The van der Waals surface area contributed by atoms with E-state index in [-0.39, 0.29) is 21.2 Å². The van der Waals surface area contributed by atoms with Crippen LogP contribution in [0.4, 0.5) is 10.1 Å². The number of nitrogens with zero attached hydrogens (tertiary/aromatic N) is 3. The molecule has 3 N–H and O–H groups in total. The van der Waals surface area contributed by atoms with Gasteiger partial charge in [-0.15, -0.1) is 0 Å². The Morgan fingerprint density at radius 1 is 1.19 bits per heavy atom. The maximum Gasteiger partial charge on any atom is 0.276 e. The van der Waals surface area contributed by atoms with Crippen molar-refractivity contribution in [2.24, 2.45) is 5.14 Å². The van der Waals surface area contributed by atoms with E-state index in [1.807, 2.05) is 16.5 Å². The van der Waals surface area contributed by atoms with E-state index in [1.165, 1.54) is 30.3 Å². The summed E-state index contributed by atoms with van der Waals surface area (Å²) in [6.45, 7) is 1.74. The number of imidazole rings is 1. The van der Waals surface area contributed by atoms with Crippen molar-refractivity contribution in [3.8, 4) is 11.4 Å². The van der Waals surface area contributed by atoms with Gasteiger partial charge in [0.25, 0.3) is 5.91 Å². The Labute approximate surface area is 183 Å². The minimum Gasteiger partial charge on any atom is -0.325 e. The second kappa shape index (κ2) is 8.04. The highest BCUT2D eigenvalue weighted by molar-refractivity contribution is 7.89. The third kappa shape index (κ3) is 4.33. The molecule has 1 aliphatic rings. The first-order valence-electron chi connectivity index (χ1n) is 9.31. The third-order valence-corrected chi connectivity index (χ3v) is 6.19. The van der Waals surface area contributed by atoms with E-state index in [9.17, 15) is 17.6 Å². The number of fused-ring (bicyclic) bond motifs is 1. The number of primary sulfonamides is 1. The molecule has 31 heavy (non-hydrogen) atoms. The summed E-state index contributed by atoms with van der Waals surface area (Å²) in [7, 11) is -1.91. The zero-order chi connectivity index (χ0) is 22.3. The second-order valence-electron chi connectivity index (χ2n) is 7.27. The van der Waals surface area contributed by atoms with Crippen LogP contribution < -0.4 is 10.5 Å². The van der Waals surface area contributed by atoms with Gasteiger partial charge in [0.1, 0.15) is 11.6 Å². The first kappa shape index (κ1) is 21.4. The van der Waals surface area contributed by atoms with Crippen LogP contribution in [0, 0.1) is 5.82 Å². The summed E-state index contributed by atoms with van der Waals surface area (Å²) in [5.41, 5.74) is 1.47. The highest BCUT2D eigenvalue weighted by Gasteiger charge is 2.28. The number of aromatic nitrogens is 2. The largest absolute Gasteiger partial charge is 0.325 e. The summed E-state index contributed by atoms with van der Waals surface area (Å²) in [6.07, 6.45) is 0. The Hall–Kier alpha value is -2.79. The van der Waals surface area contributed by atoms with Gasteiger partial charge in [-0.2, -0.15) is 0 Å². The molecule has 2 aromatic carbocycles. The van der Waals surface area contributed by atoms with Gasteiger partial charge < -0.3 is 9.88 Å². The number of nitrogens with two attached hydrogens (primary N) is 1. The van der Waals surface area contributed by atoms with Gasteiger partial charge in [0.05, 0.1) is 16.2 Å². The average molecular weight is 464 g/mol. The number of amides is 1. The van der Waals surface area contributed by atoms with E-state index >= 15 is 0 Å². The lowest BCUT2D eigenvalue weighted by Gasteiger charge is -2.25. The summed E-state index contributed by atoms with van der Waals surface area (Å²) in [6, 6.07) is 9.80. The lowest BCUT2D eigenvalue weighted by atomic mass is 10.2. The van der Waals surface area contributed by atoms with Crippen LogP contribution in [-0.2, 0) is 23.1 Å². The van der Waals surface area contributed by atoms with Crippen LogP contribution in [0.5, 0.6) is 0 Å². The van der Waals surface area contributed by atoms with Crippen molar-refractivity contribution in [1.82, 2.24) is 14.5 Å². The molecule has 0 unspecified atom stereocenters. The van der Waals surface area contributed by atoms with E-state index in [0.717, 1.165) is 6.54 Å². The molecule has 0 spiro atoms. The highest BCUT2D eigenvalue weighted by Crippen LogP contribution is 2.30. The number of sulfonamides is 1. The molecule has 2 heterocycles. The molecular weight excluding hydrogens is 445 g/mol. The normalized spacial score (nSPS) is 14.3. The molecule has 3 aromatic rings. The van der Waals surface area contributed by atoms with Gasteiger partial charge in [-0.25, -0.2) is 22.9 Å². The Bertz CT molecular complexity index is 1270. The van der Waals surface area contributed by atoms with Gasteiger partial charge in [0, 0.05) is 30.3 Å². The molecule has 1 aliphatic heterocycles. The van der Waals surface area contributed by atoms with Gasteiger partial charge >= 0.3 is 0 Å². The van der Waals surface area contributed by atoms with Gasteiger partial charge in [0.15, 0.2) is 5.69 Å². The van der Waals surface area contributed by atoms with Gasteiger partial charge in [-0.3, -0.25) is 9.69 Å². The maximum atomic E-state index is 14.6. The first-order valence-corrected chi connectivity index (χ1v) is 11.2. The minimum atomic E-state index is -3.83. The van der Waals surface area contributed by atoms with Gasteiger partial charge in [-0.05, 0) is 49.5 Å². The Kier molecular flexibility index (Phi) is 5.56. The van der Waals surface area contributed by atoms with E-state index in [1.54, 1.807) is 12.1 Å². The lowest BCUT2D eigenvalue weighted by molar-refractivity contribution is 0.102. The standard InChI is InChI=1S/C20H19ClFN5O3S/c1-26-8-9-27-17(11-26)18(25-19(27)15-7-2-12(21)10-16(15)22)20(28)24-13-3-5-14(6-4-13)31(23,29)30/h2-7,10H,8-9,11H2,1H3,(H,24,28)(H2,23,29,30). The lowest BCUT2D eigenvalue weighted by Crippen LogP contribution is -2.31. The topological polar surface area (TPSA) is 110 Å². The number of benzene rings is 2. The van der Waals surface area contributed by atoms with Crippen molar-refractivity contribution < 1.29 is 17.6 Å². The summed E-state index contributed by atoms with van der Waals surface area (Å²) < 4.78 is 39.2. The molecule has 1 aromatic heterocycles. The smallest absolute Gasteiger partial charge is 0.276 e. The number of rotatable bonds is 4. The van der Waals surface area contributed by atoms with Crippen LogP contribution in [0.15, 0.2) is 47.4 Å². The van der Waals surface area contributed by atoms with Crippen LogP contribution >= 0.6 is 11.6 Å². The Balaban J connectivity index is 1.71. The molecule has 8 nitrogen and oxygen atoms in total. The summed E-state index contributed by atoms with van der Waals surface area (Å²) in [5.74, 6) is -0.653. The van der Waals surface area contributed by atoms with Crippen molar-refractivity contribution in [1.29, 1.82) is 0 Å². The molecule has 0 saturated heterocycles. The quantitative estimate of drug-likeness (QED) is 0.618. The summed E-state index contributed by atoms with van der Waals surface area (Å²) in [4.78, 5) is 19.4. The zero-order valence-electron chi connectivity index (χ0n) is 16.5. The van der Waals surface area contributed by atoms with Crippen LogP contribution in [0.25, 0.3) is 11.4 Å². The average Bonchev–Trinajstić information content (AvgIpc) is 3.06. The molecular formula is C20H19ClFN5O3S. The number of carbonyl (C=O) groups is 1. The molecule has 1 amide bonds. The van der Waals surface area contributed by atoms with E-state index < -0.39 is 21.7 Å². The molecule has 0 radical (unpaired) electrons. The van der Waals surface area contributed by atoms with E-state index in [2.05, 4.69) is 10.3 Å². The number of carbonyl (C=O) groups excluding carboxylic acids is 1. The fourth-order valence-corrected chi connectivity index (χ4v) is 4.14. The number of anilines is 1. The minimum absolute atomic E-state index is 0.0630. The van der Waals surface area contributed by atoms with Gasteiger partial charge in [0.2, 0.25) is 10.0 Å². The highest BCUT2D eigenvalue weighted by atomic mass is 35.5. The summed E-state index contributed by atoms with van der Waals surface area (Å²) in [5, 5.41) is 8.07. The Morgan fingerprint density at radius 2 is 1.90 bits per heavy atom. The number of halogens is 2. The van der Waals surface area contributed by atoms with E-state index in [4.69, 9.17) is 16.7 Å². The first-order chi connectivity index (χ1) is 14.6. The van der Waals surface area contributed by atoms with E-state index in [0.29, 0.717) is 30.3 Å². The molecule has 0 bridgehead atoms. The van der Waals surface area contributed by atoms with Crippen molar-refractivity contribution in [2.45, 2.75) is 18.0 Å². The second-order valence-corrected chi connectivity index (χ2v) is 9.27. The molecule has 0 saturated carbocycles. The molecule has 11 heteroatoms. The Morgan fingerprint density at radius 3 is 2.55 bits per heavy atom. The van der Waals surface area contributed by atoms with Crippen molar-refractivity contribution in [2.75, 3.05) is 18.9 Å². The molecule has 0 fully saturated rings. The number of nitrogens with one attached hydrogen (secondary N) is 1. The number of hydrogen-bond donors (Lipinski definition) is 2. The van der Waals surface area contributed by atoms with Crippen molar-refractivity contribution in [3.63, 3.8) is 0 Å². The number of hydrogen-bond acceptors (Lipinski definition) is 5. The van der Waals surface area contributed by atoms with Crippen LogP contribution in [0.3, 0.4) is 0 Å².